The zero-order valence-corrected chi connectivity index (χ0v) is 9.28. The van der Waals surface area contributed by atoms with Crippen molar-refractivity contribution >= 4 is 31.9 Å². The Hall–Kier alpha value is -0.0200. The summed E-state index contributed by atoms with van der Waals surface area (Å²) in [5.74, 6) is 0.877. The Kier molecular flexibility index (Phi) is 3.40. The maximum Gasteiger partial charge on any atom is 0.134 e. The lowest BCUT2D eigenvalue weighted by atomic mass is 10.3. The van der Waals surface area contributed by atoms with E-state index in [9.17, 15) is 0 Å². The molecule has 0 fully saturated rings. The van der Waals surface area contributed by atoms with Crippen LogP contribution in [0, 0.1) is 0 Å². The average Bonchev–Trinajstić information content (AvgIpc) is 1.98. The summed E-state index contributed by atoms with van der Waals surface area (Å²) >= 11 is 6.75. The number of hydrogen-bond acceptors (Lipinski definition) is 1. The summed E-state index contributed by atoms with van der Waals surface area (Å²) in [6.07, 6.45) is 0. The third-order valence-corrected chi connectivity index (χ3v) is 2.34. The molecule has 0 radical (unpaired) electrons. The van der Waals surface area contributed by atoms with Gasteiger partial charge in [-0.1, -0.05) is 15.9 Å². The molecule has 0 amide bonds. The van der Waals surface area contributed by atoms with E-state index < -0.39 is 0 Å². The van der Waals surface area contributed by atoms with Gasteiger partial charge in [0.05, 0.1) is 11.1 Å². The fourth-order valence-electron chi connectivity index (χ4n) is 0.743. The van der Waals surface area contributed by atoms with E-state index >= 15 is 0 Å². The predicted octanol–water partition coefficient (Wildman–Crippen LogP) is 3.61. The van der Waals surface area contributed by atoms with Gasteiger partial charge in [0.2, 0.25) is 0 Å². The Labute approximate surface area is 83.0 Å². The van der Waals surface area contributed by atoms with E-state index in [1.165, 1.54) is 0 Å². The van der Waals surface area contributed by atoms with E-state index in [1.807, 2.05) is 25.1 Å². The zero-order chi connectivity index (χ0) is 8.27. The van der Waals surface area contributed by atoms with E-state index in [1.54, 1.807) is 0 Å². The van der Waals surface area contributed by atoms with E-state index in [4.69, 9.17) is 4.74 Å². The van der Waals surface area contributed by atoms with Gasteiger partial charge >= 0.3 is 0 Å². The number of ether oxygens (including phenoxy) is 1. The molecule has 3 heteroatoms. The van der Waals surface area contributed by atoms with Gasteiger partial charge in [-0.05, 0) is 41.1 Å². The fraction of sp³-hybridized carbons (Fsp3) is 0.250. The first-order chi connectivity index (χ1) is 5.24. The molecule has 0 saturated carbocycles. The molecule has 1 nitrogen and oxygen atoms in total. The normalized spacial score (nSPS) is 9.73. The van der Waals surface area contributed by atoms with Crippen molar-refractivity contribution < 1.29 is 4.74 Å². The molecule has 0 aliphatic carbocycles. The SMILES string of the molecule is CCOc1cc(Br)ccc1Br. The smallest absolute Gasteiger partial charge is 0.134 e. The molecule has 0 atom stereocenters. The van der Waals surface area contributed by atoms with Crippen LogP contribution in [0.3, 0.4) is 0 Å². The quantitative estimate of drug-likeness (QED) is 0.804. The van der Waals surface area contributed by atoms with Gasteiger partial charge in [0, 0.05) is 4.47 Å². The van der Waals surface area contributed by atoms with Crippen LogP contribution in [0.15, 0.2) is 27.1 Å². The molecule has 0 bridgehead atoms. The Balaban J connectivity index is 2.93. The van der Waals surface area contributed by atoms with Gasteiger partial charge in [0.25, 0.3) is 0 Å². The van der Waals surface area contributed by atoms with Gasteiger partial charge in [-0.25, -0.2) is 0 Å². The van der Waals surface area contributed by atoms with Crippen LogP contribution >= 0.6 is 31.9 Å². The Bertz CT molecular complexity index is 248. The van der Waals surface area contributed by atoms with Crippen LogP contribution in [0.25, 0.3) is 0 Å². The summed E-state index contributed by atoms with van der Waals surface area (Å²) in [5, 5.41) is 0. The second-order valence-corrected chi connectivity index (χ2v) is 3.78. The van der Waals surface area contributed by atoms with Crippen molar-refractivity contribution in [2.75, 3.05) is 6.61 Å². The highest BCUT2D eigenvalue weighted by Gasteiger charge is 1.99. The Morgan fingerprint density at radius 3 is 2.73 bits per heavy atom. The molecular weight excluding hydrogens is 272 g/mol. The first-order valence-corrected chi connectivity index (χ1v) is 4.90. The van der Waals surface area contributed by atoms with Crippen molar-refractivity contribution in [3.05, 3.63) is 27.1 Å². The first-order valence-electron chi connectivity index (χ1n) is 3.32. The molecule has 11 heavy (non-hydrogen) atoms. The molecular formula is C8H8Br2O. The van der Waals surface area contributed by atoms with E-state index in [0.29, 0.717) is 6.61 Å². The minimum atomic E-state index is 0.690. The molecule has 0 saturated heterocycles. The first kappa shape index (κ1) is 9.07. The zero-order valence-electron chi connectivity index (χ0n) is 6.10. The summed E-state index contributed by atoms with van der Waals surface area (Å²) in [5.41, 5.74) is 0. The van der Waals surface area contributed by atoms with Crippen LogP contribution in [-0.2, 0) is 0 Å². The minimum Gasteiger partial charge on any atom is -0.493 e. The number of hydrogen-bond donors (Lipinski definition) is 0. The van der Waals surface area contributed by atoms with Crippen molar-refractivity contribution in [1.29, 1.82) is 0 Å². The molecule has 0 N–H and O–H groups in total. The van der Waals surface area contributed by atoms with Crippen LogP contribution in [0.2, 0.25) is 0 Å². The van der Waals surface area contributed by atoms with Gasteiger partial charge in [-0.2, -0.15) is 0 Å². The molecule has 0 aromatic heterocycles. The van der Waals surface area contributed by atoms with Gasteiger partial charge in [-0.3, -0.25) is 0 Å². The third kappa shape index (κ3) is 2.49. The maximum absolute atomic E-state index is 5.34. The highest BCUT2D eigenvalue weighted by atomic mass is 79.9. The van der Waals surface area contributed by atoms with Crippen molar-refractivity contribution in [3.63, 3.8) is 0 Å². The summed E-state index contributed by atoms with van der Waals surface area (Å²) in [7, 11) is 0. The Morgan fingerprint density at radius 1 is 1.36 bits per heavy atom. The van der Waals surface area contributed by atoms with Gasteiger partial charge in [-0.15, -0.1) is 0 Å². The molecule has 1 rings (SSSR count). The lowest BCUT2D eigenvalue weighted by molar-refractivity contribution is 0.338. The lowest BCUT2D eigenvalue weighted by Gasteiger charge is -2.04. The second kappa shape index (κ2) is 4.12. The largest absolute Gasteiger partial charge is 0.493 e. The summed E-state index contributed by atoms with van der Waals surface area (Å²) in [6, 6.07) is 5.86. The number of rotatable bonds is 2. The van der Waals surface area contributed by atoms with Crippen molar-refractivity contribution in [3.8, 4) is 5.75 Å². The van der Waals surface area contributed by atoms with E-state index in [2.05, 4.69) is 31.9 Å². The molecule has 60 valence electrons. The van der Waals surface area contributed by atoms with Crippen LogP contribution in [0.4, 0.5) is 0 Å². The van der Waals surface area contributed by atoms with Gasteiger partial charge in [0.1, 0.15) is 5.75 Å². The highest BCUT2D eigenvalue weighted by Crippen LogP contribution is 2.28. The fourth-order valence-corrected chi connectivity index (χ4v) is 1.44. The minimum absolute atomic E-state index is 0.690. The maximum atomic E-state index is 5.34. The number of benzene rings is 1. The van der Waals surface area contributed by atoms with Crippen LogP contribution < -0.4 is 4.74 Å². The van der Waals surface area contributed by atoms with Gasteiger partial charge < -0.3 is 4.74 Å². The second-order valence-electron chi connectivity index (χ2n) is 2.01. The Morgan fingerprint density at radius 2 is 2.09 bits per heavy atom. The molecule has 0 aliphatic heterocycles. The number of halogens is 2. The average molecular weight is 280 g/mol. The van der Waals surface area contributed by atoms with Crippen LogP contribution in [0.5, 0.6) is 5.75 Å². The van der Waals surface area contributed by atoms with Crippen molar-refractivity contribution in [1.82, 2.24) is 0 Å². The predicted molar refractivity (Wildman–Crippen MR) is 53.0 cm³/mol. The standard InChI is InChI=1S/C8H8Br2O/c1-2-11-8-5-6(9)3-4-7(8)10/h3-5H,2H2,1H3. The van der Waals surface area contributed by atoms with E-state index in [-0.39, 0.29) is 0 Å². The van der Waals surface area contributed by atoms with E-state index in [0.717, 1.165) is 14.7 Å². The third-order valence-electron chi connectivity index (χ3n) is 1.19. The van der Waals surface area contributed by atoms with Crippen molar-refractivity contribution in [2.24, 2.45) is 0 Å². The topological polar surface area (TPSA) is 9.23 Å². The monoisotopic (exact) mass is 278 g/mol. The molecule has 1 aromatic carbocycles. The van der Waals surface area contributed by atoms with Gasteiger partial charge in [0.15, 0.2) is 0 Å². The van der Waals surface area contributed by atoms with Crippen LogP contribution in [-0.4, -0.2) is 6.61 Å². The highest BCUT2D eigenvalue weighted by molar-refractivity contribution is 9.11. The molecule has 0 heterocycles. The summed E-state index contributed by atoms with van der Waals surface area (Å²) < 4.78 is 7.36. The summed E-state index contributed by atoms with van der Waals surface area (Å²) in [6.45, 7) is 2.66. The lowest BCUT2D eigenvalue weighted by Crippen LogP contribution is -1.91. The summed E-state index contributed by atoms with van der Waals surface area (Å²) in [4.78, 5) is 0. The van der Waals surface area contributed by atoms with Crippen molar-refractivity contribution in [2.45, 2.75) is 6.92 Å². The molecule has 0 aliphatic rings. The molecule has 0 unspecified atom stereocenters. The molecule has 1 aromatic rings. The van der Waals surface area contributed by atoms with Crippen LogP contribution in [0.1, 0.15) is 6.92 Å². The molecule has 0 spiro atoms.